The van der Waals surface area contributed by atoms with Crippen LogP contribution in [0.15, 0.2) is 18.3 Å². The smallest absolute Gasteiger partial charge is 0.257 e. The van der Waals surface area contributed by atoms with Crippen LogP contribution in [0, 0.1) is 0 Å². The lowest BCUT2D eigenvalue weighted by Crippen LogP contribution is -2.47. The van der Waals surface area contributed by atoms with Crippen molar-refractivity contribution in [3.8, 4) is 0 Å². The fourth-order valence-corrected chi connectivity index (χ4v) is 1.88. The minimum absolute atomic E-state index is 0.0984. The molecule has 1 aromatic heterocycles. The Morgan fingerprint density at radius 3 is 3.28 bits per heavy atom. The molecule has 1 saturated heterocycles. The number of ether oxygens (including phenoxy) is 1. The van der Waals surface area contributed by atoms with Crippen LogP contribution in [0.2, 0.25) is 0 Å². The number of hydrogen-bond acceptors (Lipinski definition) is 6. The van der Waals surface area contributed by atoms with Gasteiger partial charge in [0.15, 0.2) is 5.82 Å². The average Bonchev–Trinajstić information content (AvgIpc) is 2.46. The molecule has 1 amide bonds. The van der Waals surface area contributed by atoms with Crippen LogP contribution in [0.3, 0.4) is 0 Å². The highest BCUT2D eigenvalue weighted by atomic mass is 16.5. The number of nitrogens with two attached hydrogens (primary N) is 1. The van der Waals surface area contributed by atoms with Crippen LogP contribution in [-0.4, -0.2) is 53.3 Å². The summed E-state index contributed by atoms with van der Waals surface area (Å²) in [7, 11) is 0. The number of hydrazine groups is 1. The van der Waals surface area contributed by atoms with Crippen molar-refractivity contribution >= 4 is 11.7 Å². The number of aromatic nitrogens is 1. The highest BCUT2D eigenvalue weighted by Crippen LogP contribution is 2.15. The van der Waals surface area contributed by atoms with Gasteiger partial charge >= 0.3 is 0 Å². The number of nitrogens with zero attached hydrogens (tertiary/aromatic N) is 2. The predicted molar refractivity (Wildman–Crippen MR) is 64.8 cm³/mol. The van der Waals surface area contributed by atoms with Crippen molar-refractivity contribution in [2.45, 2.75) is 6.10 Å². The van der Waals surface area contributed by atoms with E-state index in [1.807, 2.05) is 0 Å². The average molecular weight is 252 g/mol. The molecule has 1 atom stereocenters. The first-order chi connectivity index (χ1) is 8.76. The second-order valence-electron chi connectivity index (χ2n) is 3.97. The topological polar surface area (TPSA) is 101 Å². The number of carbonyl (C=O) groups excluding carboxylic acids is 1. The summed E-state index contributed by atoms with van der Waals surface area (Å²) in [6, 6.07) is 3.34. The molecule has 7 nitrogen and oxygen atoms in total. The van der Waals surface area contributed by atoms with Gasteiger partial charge in [-0.3, -0.25) is 4.79 Å². The van der Waals surface area contributed by atoms with Crippen LogP contribution in [0.25, 0.3) is 0 Å². The van der Waals surface area contributed by atoms with Crippen LogP contribution in [-0.2, 0) is 4.74 Å². The summed E-state index contributed by atoms with van der Waals surface area (Å²) >= 11 is 0. The maximum Gasteiger partial charge on any atom is 0.257 e. The summed E-state index contributed by atoms with van der Waals surface area (Å²) in [4.78, 5) is 17.9. The van der Waals surface area contributed by atoms with Crippen molar-refractivity contribution in [2.75, 3.05) is 31.7 Å². The van der Waals surface area contributed by atoms with E-state index in [1.165, 1.54) is 0 Å². The number of nitrogen functional groups attached to an aromatic ring is 1. The van der Waals surface area contributed by atoms with Gasteiger partial charge in [0.1, 0.15) is 0 Å². The lowest BCUT2D eigenvalue weighted by molar-refractivity contribution is -0.0447. The van der Waals surface area contributed by atoms with Crippen molar-refractivity contribution in [3.63, 3.8) is 0 Å². The molecular formula is C11H16N4O3. The number of morpholine rings is 1. The highest BCUT2D eigenvalue weighted by Gasteiger charge is 2.26. The third kappa shape index (κ3) is 2.58. The van der Waals surface area contributed by atoms with Crippen LogP contribution >= 0.6 is 0 Å². The van der Waals surface area contributed by atoms with Crippen LogP contribution in [0.4, 0.5) is 5.82 Å². The minimum atomic E-state index is -0.325. The zero-order chi connectivity index (χ0) is 13.0. The van der Waals surface area contributed by atoms with Crippen molar-refractivity contribution in [1.29, 1.82) is 0 Å². The first kappa shape index (κ1) is 12.7. The van der Waals surface area contributed by atoms with Gasteiger partial charge in [0.05, 0.1) is 24.9 Å². The van der Waals surface area contributed by atoms with Gasteiger partial charge in [0, 0.05) is 19.3 Å². The van der Waals surface area contributed by atoms with Gasteiger partial charge in [0.25, 0.3) is 5.91 Å². The van der Waals surface area contributed by atoms with Crippen molar-refractivity contribution < 1.29 is 14.6 Å². The fraction of sp³-hybridized carbons (Fsp3) is 0.455. The van der Waals surface area contributed by atoms with Gasteiger partial charge in [0.2, 0.25) is 0 Å². The van der Waals surface area contributed by atoms with E-state index in [1.54, 1.807) is 23.2 Å². The Morgan fingerprint density at radius 2 is 2.56 bits per heavy atom. The Morgan fingerprint density at radius 1 is 1.72 bits per heavy atom. The number of aliphatic hydroxyl groups is 1. The minimum Gasteiger partial charge on any atom is -0.394 e. The molecule has 1 aliphatic rings. The Labute approximate surface area is 105 Å². The van der Waals surface area contributed by atoms with E-state index in [0.717, 1.165) is 0 Å². The maximum absolute atomic E-state index is 12.3. The van der Waals surface area contributed by atoms with E-state index in [0.29, 0.717) is 31.1 Å². The molecule has 7 heteroatoms. The lowest BCUT2D eigenvalue weighted by atomic mass is 10.2. The number of anilines is 1. The molecule has 0 aromatic carbocycles. The number of pyridine rings is 1. The van der Waals surface area contributed by atoms with Crippen molar-refractivity contribution in [1.82, 2.24) is 9.88 Å². The molecule has 2 rings (SSSR count). The molecule has 1 aromatic rings. The number of carbonyl (C=O) groups is 1. The van der Waals surface area contributed by atoms with Gasteiger partial charge in [-0.05, 0) is 12.1 Å². The van der Waals surface area contributed by atoms with Gasteiger partial charge < -0.3 is 20.2 Å². The van der Waals surface area contributed by atoms with E-state index in [9.17, 15) is 4.79 Å². The number of aliphatic hydroxyl groups excluding tert-OH is 1. The second kappa shape index (κ2) is 5.76. The molecule has 4 N–H and O–H groups in total. The van der Waals surface area contributed by atoms with Crippen LogP contribution in [0.5, 0.6) is 0 Å². The summed E-state index contributed by atoms with van der Waals surface area (Å²) in [5.74, 6) is 5.50. The molecule has 0 bridgehead atoms. The molecule has 0 aliphatic carbocycles. The van der Waals surface area contributed by atoms with Gasteiger partial charge in [-0.2, -0.15) is 0 Å². The lowest BCUT2D eigenvalue weighted by Gasteiger charge is -2.32. The third-order valence-corrected chi connectivity index (χ3v) is 2.80. The molecule has 1 unspecified atom stereocenters. The van der Waals surface area contributed by atoms with Gasteiger partial charge in [-0.15, -0.1) is 0 Å². The van der Waals surface area contributed by atoms with E-state index < -0.39 is 0 Å². The normalized spacial score (nSPS) is 19.7. The number of amides is 1. The molecule has 1 aliphatic heterocycles. The summed E-state index contributed by atoms with van der Waals surface area (Å²) in [5.41, 5.74) is 2.82. The van der Waals surface area contributed by atoms with E-state index in [2.05, 4.69) is 10.4 Å². The van der Waals surface area contributed by atoms with Crippen LogP contribution in [0.1, 0.15) is 10.4 Å². The quantitative estimate of drug-likeness (QED) is 0.481. The van der Waals surface area contributed by atoms with E-state index in [-0.39, 0.29) is 18.6 Å². The maximum atomic E-state index is 12.3. The Hall–Kier alpha value is -1.70. The summed E-state index contributed by atoms with van der Waals surface area (Å²) in [6.45, 7) is 1.18. The second-order valence-corrected chi connectivity index (χ2v) is 3.97. The third-order valence-electron chi connectivity index (χ3n) is 2.80. The molecule has 0 radical (unpaired) electrons. The SMILES string of the molecule is NNc1ncccc1C(=O)N1CCOC(CO)C1. The predicted octanol–water partition coefficient (Wildman–Crippen LogP) is -0.800. The van der Waals surface area contributed by atoms with E-state index in [4.69, 9.17) is 15.7 Å². The van der Waals surface area contributed by atoms with Crippen molar-refractivity contribution in [3.05, 3.63) is 23.9 Å². The van der Waals surface area contributed by atoms with E-state index >= 15 is 0 Å². The Kier molecular flexibility index (Phi) is 4.08. The fourth-order valence-electron chi connectivity index (χ4n) is 1.88. The highest BCUT2D eigenvalue weighted by molar-refractivity contribution is 5.98. The molecule has 98 valence electrons. The molecular weight excluding hydrogens is 236 g/mol. The first-order valence-corrected chi connectivity index (χ1v) is 5.69. The molecule has 0 spiro atoms. The first-order valence-electron chi connectivity index (χ1n) is 5.69. The Bertz CT molecular complexity index is 427. The number of rotatable bonds is 3. The summed E-state index contributed by atoms with van der Waals surface area (Å²) in [5, 5.41) is 9.05. The molecule has 1 fully saturated rings. The number of nitrogens with one attached hydrogen (secondary N) is 1. The zero-order valence-corrected chi connectivity index (χ0v) is 9.87. The molecule has 0 saturated carbocycles. The van der Waals surface area contributed by atoms with Crippen molar-refractivity contribution in [2.24, 2.45) is 5.84 Å². The monoisotopic (exact) mass is 252 g/mol. The molecule has 2 heterocycles. The zero-order valence-electron chi connectivity index (χ0n) is 9.87. The largest absolute Gasteiger partial charge is 0.394 e. The number of hydrogen-bond donors (Lipinski definition) is 3. The standard InChI is InChI=1S/C11H16N4O3/c12-14-10-9(2-1-3-13-10)11(17)15-4-5-18-8(6-15)7-16/h1-3,8,16H,4-7,12H2,(H,13,14). The van der Waals surface area contributed by atoms with Gasteiger partial charge in [-0.25, -0.2) is 10.8 Å². The Balaban J connectivity index is 2.15. The van der Waals surface area contributed by atoms with Crippen LogP contribution < -0.4 is 11.3 Å². The molecule has 18 heavy (non-hydrogen) atoms. The van der Waals surface area contributed by atoms with Gasteiger partial charge in [-0.1, -0.05) is 0 Å². The summed E-state index contributed by atoms with van der Waals surface area (Å²) < 4.78 is 5.30. The summed E-state index contributed by atoms with van der Waals surface area (Å²) in [6.07, 6.45) is 1.23.